The third-order valence-electron chi connectivity index (χ3n) is 3.14. The van der Waals surface area contributed by atoms with E-state index in [1.54, 1.807) is 32.2 Å². The smallest absolute Gasteiger partial charge is 0.326 e. The lowest BCUT2D eigenvalue weighted by Crippen LogP contribution is -2.48. The number of rotatable bonds is 7. The molecule has 0 aliphatic heterocycles. The second-order valence-electron chi connectivity index (χ2n) is 6.20. The molecular weight excluding hydrogens is 302 g/mol. The summed E-state index contributed by atoms with van der Waals surface area (Å²) < 4.78 is 0. The molecule has 0 bridgehead atoms. The standard InChI is InChI=1S/C15H25N3O3S/c1-9(2)6-12-16-11(8-22-12)7-18(5)15(21)17-13(10(3)4)14(19)20/h8-10,13H,6-7H2,1-5H3,(H,17,21)(H,19,20)/t13-/m0/s1. The van der Waals surface area contributed by atoms with Gasteiger partial charge in [0.2, 0.25) is 0 Å². The Morgan fingerprint density at radius 3 is 2.50 bits per heavy atom. The average Bonchev–Trinajstić information content (AvgIpc) is 2.80. The van der Waals surface area contributed by atoms with Crippen LogP contribution in [-0.4, -0.2) is 40.1 Å². The fourth-order valence-corrected chi connectivity index (χ4v) is 2.93. The van der Waals surface area contributed by atoms with E-state index in [1.165, 1.54) is 4.90 Å². The summed E-state index contributed by atoms with van der Waals surface area (Å²) in [5.41, 5.74) is 0.828. The Kier molecular flexibility index (Phi) is 6.80. The first-order valence-corrected chi connectivity index (χ1v) is 8.26. The molecule has 0 saturated carbocycles. The SMILES string of the molecule is CC(C)Cc1nc(CN(C)C(=O)N[C@H](C(=O)O)C(C)C)cs1. The van der Waals surface area contributed by atoms with Gasteiger partial charge in [-0.2, -0.15) is 0 Å². The molecule has 2 N–H and O–H groups in total. The topological polar surface area (TPSA) is 82.5 Å². The molecule has 1 aromatic rings. The molecule has 1 rings (SSSR count). The zero-order valence-corrected chi connectivity index (χ0v) is 14.6. The van der Waals surface area contributed by atoms with Gasteiger partial charge in [0, 0.05) is 18.8 Å². The predicted molar refractivity (Wildman–Crippen MR) is 86.9 cm³/mol. The number of carboxylic acid groups (broad SMARTS) is 1. The van der Waals surface area contributed by atoms with Gasteiger partial charge in [-0.25, -0.2) is 14.6 Å². The van der Waals surface area contributed by atoms with Crippen molar-refractivity contribution in [2.45, 2.75) is 46.7 Å². The molecule has 0 radical (unpaired) electrons. The molecule has 0 fully saturated rings. The Morgan fingerprint density at radius 1 is 1.36 bits per heavy atom. The van der Waals surface area contributed by atoms with E-state index in [2.05, 4.69) is 24.1 Å². The summed E-state index contributed by atoms with van der Waals surface area (Å²) >= 11 is 1.59. The molecule has 0 unspecified atom stereocenters. The summed E-state index contributed by atoms with van der Waals surface area (Å²) in [6.07, 6.45) is 0.926. The number of carbonyl (C=O) groups is 2. The van der Waals surface area contributed by atoms with Crippen LogP contribution in [0.1, 0.15) is 38.4 Å². The van der Waals surface area contributed by atoms with Crippen molar-refractivity contribution >= 4 is 23.3 Å². The normalized spacial score (nSPS) is 12.5. The van der Waals surface area contributed by atoms with Crippen LogP contribution < -0.4 is 5.32 Å². The lowest BCUT2D eigenvalue weighted by atomic mass is 10.1. The number of aliphatic carboxylic acids is 1. The molecule has 1 heterocycles. The molecule has 22 heavy (non-hydrogen) atoms. The molecule has 0 spiro atoms. The van der Waals surface area contributed by atoms with Crippen molar-refractivity contribution in [3.8, 4) is 0 Å². The predicted octanol–water partition coefficient (Wildman–Crippen LogP) is 2.59. The Morgan fingerprint density at radius 2 is 2.00 bits per heavy atom. The first-order valence-electron chi connectivity index (χ1n) is 7.38. The minimum Gasteiger partial charge on any atom is -0.480 e. The van der Waals surface area contributed by atoms with E-state index in [4.69, 9.17) is 5.11 Å². The van der Waals surface area contributed by atoms with Crippen LogP contribution in [0.2, 0.25) is 0 Å². The van der Waals surface area contributed by atoms with Crippen LogP contribution >= 0.6 is 11.3 Å². The molecule has 0 saturated heterocycles. The second-order valence-corrected chi connectivity index (χ2v) is 7.14. The van der Waals surface area contributed by atoms with E-state index >= 15 is 0 Å². The van der Waals surface area contributed by atoms with Crippen LogP contribution in [0.5, 0.6) is 0 Å². The van der Waals surface area contributed by atoms with Crippen molar-refractivity contribution in [1.29, 1.82) is 0 Å². The monoisotopic (exact) mass is 327 g/mol. The summed E-state index contributed by atoms with van der Waals surface area (Å²) in [4.78, 5) is 29.2. The lowest BCUT2D eigenvalue weighted by Gasteiger charge is -2.22. The minimum absolute atomic E-state index is 0.174. The van der Waals surface area contributed by atoms with E-state index in [-0.39, 0.29) is 5.92 Å². The van der Waals surface area contributed by atoms with Gasteiger partial charge in [-0.15, -0.1) is 11.3 Å². The number of carboxylic acids is 1. The summed E-state index contributed by atoms with van der Waals surface area (Å²) in [5, 5.41) is 14.6. The molecule has 7 heteroatoms. The Bertz CT molecular complexity index is 514. The highest BCUT2D eigenvalue weighted by Crippen LogP contribution is 2.15. The zero-order chi connectivity index (χ0) is 16.9. The maximum Gasteiger partial charge on any atom is 0.326 e. The molecular formula is C15H25N3O3S. The molecule has 0 aliphatic carbocycles. The van der Waals surface area contributed by atoms with Crippen LogP contribution in [0.15, 0.2) is 5.38 Å². The number of urea groups is 1. The van der Waals surface area contributed by atoms with Crippen molar-refractivity contribution in [1.82, 2.24) is 15.2 Å². The maximum absolute atomic E-state index is 12.1. The maximum atomic E-state index is 12.1. The minimum atomic E-state index is -1.02. The van der Waals surface area contributed by atoms with Crippen molar-refractivity contribution in [3.63, 3.8) is 0 Å². The van der Waals surface area contributed by atoms with Gasteiger partial charge < -0.3 is 15.3 Å². The van der Waals surface area contributed by atoms with Gasteiger partial charge in [0.25, 0.3) is 0 Å². The van der Waals surface area contributed by atoms with Crippen LogP contribution in [0.3, 0.4) is 0 Å². The number of amides is 2. The molecule has 2 amide bonds. The molecule has 6 nitrogen and oxygen atoms in total. The van der Waals surface area contributed by atoms with Crippen LogP contribution in [-0.2, 0) is 17.8 Å². The molecule has 1 aromatic heterocycles. The van der Waals surface area contributed by atoms with Crippen LogP contribution in [0.25, 0.3) is 0 Å². The van der Waals surface area contributed by atoms with E-state index in [1.807, 2.05) is 5.38 Å². The van der Waals surface area contributed by atoms with E-state index in [0.717, 1.165) is 17.1 Å². The number of thiazole rings is 1. The van der Waals surface area contributed by atoms with E-state index in [9.17, 15) is 9.59 Å². The van der Waals surface area contributed by atoms with Gasteiger partial charge in [-0.05, 0) is 11.8 Å². The number of aromatic nitrogens is 1. The number of nitrogens with one attached hydrogen (secondary N) is 1. The summed E-state index contributed by atoms with van der Waals surface area (Å²) in [6.45, 7) is 8.16. The number of hydrogen-bond acceptors (Lipinski definition) is 4. The highest BCUT2D eigenvalue weighted by Gasteiger charge is 2.25. The van der Waals surface area contributed by atoms with E-state index < -0.39 is 18.0 Å². The van der Waals surface area contributed by atoms with Crippen molar-refractivity contribution in [2.75, 3.05) is 7.05 Å². The Labute approximate surface area is 135 Å². The summed E-state index contributed by atoms with van der Waals surface area (Å²) in [6, 6.07) is -1.29. The first kappa shape index (κ1) is 18.4. The quantitative estimate of drug-likeness (QED) is 0.806. The first-order chi connectivity index (χ1) is 10.2. The van der Waals surface area contributed by atoms with Crippen LogP contribution in [0, 0.1) is 11.8 Å². The second kappa shape index (κ2) is 8.12. The summed E-state index contributed by atoms with van der Waals surface area (Å²) in [7, 11) is 1.63. The fraction of sp³-hybridized carbons (Fsp3) is 0.667. The highest BCUT2D eigenvalue weighted by molar-refractivity contribution is 7.09. The van der Waals surface area contributed by atoms with Gasteiger partial charge in [0.05, 0.1) is 17.2 Å². The molecule has 1 atom stereocenters. The number of carbonyl (C=O) groups excluding carboxylic acids is 1. The number of nitrogens with zero attached hydrogens (tertiary/aromatic N) is 2. The molecule has 0 aromatic carbocycles. The highest BCUT2D eigenvalue weighted by atomic mass is 32.1. The lowest BCUT2D eigenvalue weighted by molar-refractivity contribution is -0.140. The molecule has 0 aliphatic rings. The average molecular weight is 327 g/mol. The van der Waals surface area contributed by atoms with Gasteiger partial charge in [0.1, 0.15) is 6.04 Å². The third kappa shape index (κ3) is 5.63. The number of hydrogen-bond donors (Lipinski definition) is 2. The third-order valence-corrected chi connectivity index (χ3v) is 4.06. The molecule has 124 valence electrons. The van der Waals surface area contributed by atoms with Gasteiger partial charge in [-0.3, -0.25) is 0 Å². The van der Waals surface area contributed by atoms with Gasteiger partial charge >= 0.3 is 12.0 Å². The van der Waals surface area contributed by atoms with Gasteiger partial charge in [-0.1, -0.05) is 27.7 Å². The largest absolute Gasteiger partial charge is 0.480 e. The fourth-order valence-electron chi connectivity index (χ4n) is 1.94. The Hall–Kier alpha value is -1.63. The van der Waals surface area contributed by atoms with Crippen molar-refractivity contribution < 1.29 is 14.7 Å². The van der Waals surface area contributed by atoms with Crippen molar-refractivity contribution in [2.24, 2.45) is 11.8 Å². The van der Waals surface area contributed by atoms with Crippen LogP contribution in [0.4, 0.5) is 4.79 Å². The van der Waals surface area contributed by atoms with Gasteiger partial charge in [0.15, 0.2) is 0 Å². The Balaban J connectivity index is 2.60. The zero-order valence-electron chi connectivity index (χ0n) is 13.8. The summed E-state index contributed by atoms with van der Waals surface area (Å²) in [5.74, 6) is -0.654. The van der Waals surface area contributed by atoms with Crippen molar-refractivity contribution in [3.05, 3.63) is 16.1 Å². The van der Waals surface area contributed by atoms with E-state index in [0.29, 0.717) is 12.5 Å².